The zero-order valence-electron chi connectivity index (χ0n) is 10.7. The van der Waals surface area contributed by atoms with Crippen LogP contribution >= 0.6 is 11.6 Å². The van der Waals surface area contributed by atoms with E-state index in [1.165, 1.54) is 0 Å². The first-order valence-corrected chi connectivity index (χ1v) is 7.06. The first-order chi connectivity index (χ1) is 9.22. The molecule has 0 saturated heterocycles. The maximum atomic E-state index is 6.12. The molecule has 100 valence electrons. The lowest BCUT2D eigenvalue weighted by Gasteiger charge is -2.27. The topological polar surface area (TPSA) is 48.1 Å². The molecule has 1 saturated carbocycles. The lowest BCUT2D eigenvalue weighted by atomic mass is 9.94. The van der Waals surface area contributed by atoms with E-state index >= 15 is 0 Å². The molecule has 1 aromatic carbocycles. The molecule has 0 atom stereocenters. The lowest BCUT2D eigenvalue weighted by Crippen LogP contribution is -2.31. The third-order valence-corrected chi connectivity index (χ3v) is 3.91. The van der Waals surface area contributed by atoms with Crippen molar-refractivity contribution in [3.63, 3.8) is 0 Å². The predicted molar refractivity (Wildman–Crippen MR) is 77.6 cm³/mol. The zero-order chi connectivity index (χ0) is 13.2. The minimum Gasteiger partial charge on any atom is -0.490 e. The molecule has 0 spiro atoms. The van der Waals surface area contributed by atoms with Crippen molar-refractivity contribution < 1.29 is 4.74 Å². The normalized spacial score (nSPS) is 23.5. The molecular weight excluding hydrogens is 260 g/mol. The van der Waals surface area contributed by atoms with Gasteiger partial charge in [0.15, 0.2) is 0 Å². The summed E-state index contributed by atoms with van der Waals surface area (Å²) in [5.41, 5.74) is 6.79. The summed E-state index contributed by atoms with van der Waals surface area (Å²) in [5, 5.41) is 1.71. The van der Waals surface area contributed by atoms with E-state index in [0.717, 1.165) is 42.3 Å². The average Bonchev–Trinajstić information content (AvgIpc) is 2.41. The number of pyridine rings is 1. The van der Waals surface area contributed by atoms with Gasteiger partial charge >= 0.3 is 0 Å². The van der Waals surface area contributed by atoms with Crippen LogP contribution in [-0.2, 0) is 0 Å². The Morgan fingerprint density at radius 2 is 1.95 bits per heavy atom. The Morgan fingerprint density at radius 1 is 1.16 bits per heavy atom. The molecule has 2 N–H and O–H groups in total. The maximum absolute atomic E-state index is 6.12. The van der Waals surface area contributed by atoms with Crippen molar-refractivity contribution in [2.45, 2.75) is 37.8 Å². The van der Waals surface area contributed by atoms with Gasteiger partial charge in [0.1, 0.15) is 5.75 Å². The average molecular weight is 277 g/mol. The minimum absolute atomic E-state index is 0.265. The standard InChI is InChI=1S/C15H17ClN2O/c16-10-1-6-13-14(9-10)18-8-7-15(13)19-12-4-2-11(17)3-5-12/h1,6-9,11-12H,2-5,17H2. The van der Waals surface area contributed by atoms with Crippen LogP contribution < -0.4 is 10.5 Å². The van der Waals surface area contributed by atoms with E-state index in [-0.39, 0.29) is 6.10 Å². The summed E-state index contributed by atoms with van der Waals surface area (Å²) >= 11 is 5.98. The number of hydrogen-bond acceptors (Lipinski definition) is 3. The smallest absolute Gasteiger partial charge is 0.130 e. The van der Waals surface area contributed by atoms with Crippen molar-refractivity contribution in [3.05, 3.63) is 35.5 Å². The molecule has 1 fully saturated rings. The Labute approximate surface area is 117 Å². The highest BCUT2D eigenvalue weighted by Crippen LogP contribution is 2.29. The number of fused-ring (bicyclic) bond motifs is 1. The van der Waals surface area contributed by atoms with E-state index in [2.05, 4.69) is 4.98 Å². The fourth-order valence-corrected chi connectivity index (χ4v) is 2.75. The number of rotatable bonds is 2. The van der Waals surface area contributed by atoms with Crippen molar-refractivity contribution in [1.29, 1.82) is 0 Å². The molecule has 0 radical (unpaired) electrons. The molecule has 4 heteroatoms. The van der Waals surface area contributed by atoms with Gasteiger partial charge in [0.25, 0.3) is 0 Å². The molecule has 1 aliphatic rings. The molecule has 19 heavy (non-hydrogen) atoms. The molecular formula is C15H17ClN2O. The first kappa shape index (κ1) is 12.7. The first-order valence-electron chi connectivity index (χ1n) is 6.69. The van der Waals surface area contributed by atoms with Crippen LogP contribution in [0.4, 0.5) is 0 Å². The molecule has 3 nitrogen and oxygen atoms in total. The Kier molecular flexibility index (Phi) is 3.58. The van der Waals surface area contributed by atoms with Crippen molar-refractivity contribution in [2.24, 2.45) is 5.73 Å². The van der Waals surface area contributed by atoms with Crippen LogP contribution in [0.3, 0.4) is 0 Å². The highest BCUT2D eigenvalue weighted by atomic mass is 35.5. The summed E-state index contributed by atoms with van der Waals surface area (Å²) in [6.45, 7) is 0. The van der Waals surface area contributed by atoms with Crippen molar-refractivity contribution in [1.82, 2.24) is 4.98 Å². The third-order valence-electron chi connectivity index (χ3n) is 3.68. The summed E-state index contributed by atoms with van der Waals surface area (Å²) < 4.78 is 6.12. The van der Waals surface area contributed by atoms with Gasteiger partial charge in [-0.1, -0.05) is 11.6 Å². The minimum atomic E-state index is 0.265. The maximum Gasteiger partial charge on any atom is 0.130 e. The Hall–Kier alpha value is -1.32. The SMILES string of the molecule is NC1CCC(Oc2ccnc3cc(Cl)ccc23)CC1. The van der Waals surface area contributed by atoms with Gasteiger partial charge in [-0.15, -0.1) is 0 Å². The molecule has 2 aromatic rings. The number of nitrogens with two attached hydrogens (primary N) is 1. The molecule has 1 aromatic heterocycles. The fraction of sp³-hybridized carbons (Fsp3) is 0.400. The summed E-state index contributed by atoms with van der Waals surface area (Å²) in [6, 6.07) is 7.96. The van der Waals surface area contributed by atoms with E-state index in [0.29, 0.717) is 11.1 Å². The quantitative estimate of drug-likeness (QED) is 0.913. The largest absolute Gasteiger partial charge is 0.490 e. The van der Waals surface area contributed by atoms with E-state index in [1.807, 2.05) is 24.3 Å². The van der Waals surface area contributed by atoms with Crippen LogP contribution in [0.2, 0.25) is 5.02 Å². The van der Waals surface area contributed by atoms with Crippen LogP contribution in [-0.4, -0.2) is 17.1 Å². The van der Waals surface area contributed by atoms with Crippen molar-refractivity contribution >= 4 is 22.5 Å². The molecule has 1 aliphatic carbocycles. The molecule has 0 bridgehead atoms. The second-order valence-electron chi connectivity index (χ2n) is 5.13. The number of halogens is 1. The lowest BCUT2D eigenvalue weighted by molar-refractivity contribution is 0.149. The second kappa shape index (κ2) is 5.35. The Balaban J connectivity index is 1.84. The predicted octanol–water partition coefficient (Wildman–Crippen LogP) is 3.54. The molecule has 0 aliphatic heterocycles. The van der Waals surface area contributed by atoms with Crippen molar-refractivity contribution in [2.75, 3.05) is 0 Å². The van der Waals surface area contributed by atoms with Gasteiger partial charge in [-0.05, 0) is 49.9 Å². The van der Waals surface area contributed by atoms with Gasteiger partial charge in [-0.2, -0.15) is 0 Å². The summed E-state index contributed by atoms with van der Waals surface area (Å²) in [7, 11) is 0. The zero-order valence-corrected chi connectivity index (χ0v) is 11.4. The van der Waals surface area contributed by atoms with Crippen LogP contribution in [0.15, 0.2) is 30.5 Å². The number of hydrogen-bond donors (Lipinski definition) is 1. The summed E-state index contributed by atoms with van der Waals surface area (Å²) in [5.74, 6) is 0.891. The second-order valence-corrected chi connectivity index (χ2v) is 5.56. The highest BCUT2D eigenvalue weighted by molar-refractivity contribution is 6.31. The van der Waals surface area contributed by atoms with Gasteiger partial charge in [0.05, 0.1) is 11.6 Å². The number of nitrogens with zero attached hydrogens (tertiary/aromatic N) is 1. The van der Waals surface area contributed by atoms with Crippen LogP contribution in [0.25, 0.3) is 10.9 Å². The third kappa shape index (κ3) is 2.82. The van der Waals surface area contributed by atoms with Gasteiger partial charge in [-0.3, -0.25) is 4.98 Å². The van der Waals surface area contributed by atoms with Gasteiger partial charge in [0.2, 0.25) is 0 Å². The summed E-state index contributed by atoms with van der Waals surface area (Å²) in [4.78, 5) is 4.32. The van der Waals surface area contributed by atoms with Crippen LogP contribution in [0, 0.1) is 0 Å². The monoisotopic (exact) mass is 276 g/mol. The number of ether oxygens (including phenoxy) is 1. The molecule has 3 rings (SSSR count). The highest BCUT2D eigenvalue weighted by Gasteiger charge is 2.20. The van der Waals surface area contributed by atoms with E-state index in [9.17, 15) is 0 Å². The number of aromatic nitrogens is 1. The summed E-state index contributed by atoms with van der Waals surface area (Å²) in [6.07, 6.45) is 6.17. The molecule has 0 unspecified atom stereocenters. The number of benzene rings is 1. The van der Waals surface area contributed by atoms with Gasteiger partial charge in [-0.25, -0.2) is 0 Å². The Morgan fingerprint density at radius 3 is 2.74 bits per heavy atom. The van der Waals surface area contributed by atoms with E-state index < -0.39 is 0 Å². The molecule has 0 amide bonds. The fourth-order valence-electron chi connectivity index (χ4n) is 2.58. The molecule has 1 heterocycles. The van der Waals surface area contributed by atoms with Gasteiger partial charge < -0.3 is 10.5 Å². The Bertz CT molecular complexity index is 579. The van der Waals surface area contributed by atoms with Crippen LogP contribution in [0.1, 0.15) is 25.7 Å². The van der Waals surface area contributed by atoms with Crippen LogP contribution in [0.5, 0.6) is 5.75 Å². The van der Waals surface area contributed by atoms with Gasteiger partial charge in [0, 0.05) is 22.6 Å². The van der Waals surface area contributed by atoms with E-state index in [4.69, 9.17) is 22.1 Å². The van der Waals surface area contributed by atoms with Crippen molar-refractivity contribution in [3.8, 4) is 5.75 Å². The van der Waals surface area contributed by atoms with E-state index in [1.54, 1.807) is 6.20 Å².